The Balaban J connectivity index is 2.44. The van der Waals surface area contributed by atoms with Crippen LogP contribution in [0, 0.1) is 0 Å². The number of anilines is 2. The van der Waals surface area contributed by atoms with Crippen LogP contribution in [0.3, 0.4) is 0 Å². The molecular formula is C18H22N2O. The molecule has 0 radical (unpaired) electrons. The van der Waals surface area contributed by atoms with Crippen molar-refractivity contribution in [3.05, 3.63) is 66.8 Å². The summed E-state index contributed by atoms with van der Waals surface area (Å²) in [7, 11) is 0. The Kier molecular flexibility index (Phi) is 5.83. The van der Waals surface area contributed by atoms with E-state index in [0.717, 1.165) is 30.1 Å². The normalized spacial score (nSPS) is 11.2. The molecule has 1 aromatic carbocycles. The minimum Gasteiger partial charge on any atom is -0.479 e. The van der Waals surface area contributed by atoms with Crippen LogP contribution in [-0.4, -0.2) is 11.6 Å². The lowest BCUT2D eigenvalue weighted by molar-refractivity contribution is 0.224. The summed E-state index contributed by atoms with van der Waals surface area (Å²) in [5.41, 5.74) is 2.13. The predicted octanol–water partition coefficient (Wildman–Crippen LogP) is 4.90. The second kappa shape index (κ2) is 8.10. The van der Waals surface area contributed by atoms with Crippen molar-refractivity contribution in [2.24, 2.45) is 0 Å². The van der Waals surface area contributed by atoms with Crippen LogP contribution in [0.15, 0.2) is 66.8 Å². The Bertz CT molecular complexity index is 512. The number of unbranched alkanes of at least 4 members (excludes halogenated alkanes) is 1. The molecule has 0 saturated heterocycles. The number of hydrogen-bond donors (Lipinski definition) is 0. The Labute approximate surface area is 126 Å². The number of benzene rings is 1. The molecule has 0 N–H and O–H groups in total. The molecule has 21 heavy (non-hydrogen) atoms. The molecule has 2 rings (SSSR count). The fourth-order valence-corrected chi connectivity index (χ4v) is 2.10. The van der Waals surface area contributed by atoms with Crippen LogP contribution < -0.4 is 4.90 Å². The van der Waals surface area contributed by atoms with Crippen molar-refractivity contribution in [1.82, 2.24) is 4.98 Å². The van der Waals surface area contributed by atoms with E-state index in [1.807, 2.05) is 37.3 Å². The maximum absolute atomic E-state index is 5.88. The summed E-state index contributed by atoms with van der Waals surface area (Å²) >= 11 is 0. The van der Waals surface area contributed by atoms with Crippen LogP contribution in [-0.2, 0) is 4.74 Å². The number of para-hydroxylation sites is 1. The van der Waals surface area contributed by atoms with E-state index in [1.54, 1.807) is 12.4 Å². The van der Waals surface area contributed by atoms with Gasteiger partial charge in [0.2, 0.25) is 0 Å². The Morgan fingerprint density at radius 2 is 1.71 bits per heavy atom. The third-order valence-electron chi connectivity index (χ3n) is 3.06. The van der Waals surface area contributed by atoms with Crippen molar-refractivity contribution in [3.8, 4) is 0 Å². The van der Waals surface area contributed by atoms with E-state index in [1.165, 1.54) is 0 Å². The minimum absolute atomic E-state index is 0.643. The van der Waals surface area contributed by atoms with Crippen LogP contribution in [0.5, 0.6) is 0 Å². The van der Waals surface area contributed by atoms with Crippen molar-refractivity contribution in [3.63, 3.8) is 0 Å². The zero-order chi connectivity index (χ0) is 14.9. The van der Waals surface area contributed by atoms with Gasteiger partial charge in [0.15, 0.2) is 5.88 Å². The van der Waals surface area contributed by atoms with Gasteiger partial charge >= 0.3 is 0 Å². The van der Waals surface area contributed by atoms with E-state index >= 15 is 0 Å². The van der Waals surface area contributed by atoms with Crippen LogP contribution in [0.25, 0.3) is 0 Å². The summed E-state index contributed by atoms with van der Waals surface area (Å²) in [5, 5.41) is 0. The van der Waals surface area contributed by atoms with Gasteiger partial charge in [-0.3, -0.25) is 9.88 Å². The van der Waals surface area contributed by atoms with Gasteiger partial charge in [-0.15, -0.1) is 0 Å². The highest BCUT2D eigenvalue weighted by Gasteiger charge is 2.15. The number of rotatable bonds is 7. The van der Waals surface area contributed by atoms with Crippen LogP contribution in [0.2, 0.25) is 0 Å². The van der Waals surface area contributed by atoms with Crippen molar-refractivity contribution in [2.75, 3.05) is 11.5 Å². The summed E-state index contributed by atoms with van der Waals surface area (Å²) in [6.07, 6.45) is 7.83. The average molecular weight is 282 g/mol. The fourth-order valence-electron chi connectivity index (χ4n) is 2.10. The van der Waals surface area contributed by atoms with Gasteiger partial charge < -0.3 is 4.74 Å². The van der Waals surface area contributed by atoms with E-state index in [0.29, 0.717) is 6.61 Å². The molecule has 0 fully saturated rings. The Morgan fingerprint density at radius 1 is 1.05 bits per heavy atom. The van der Waals surface area contributed by atoms with E-state index in [2.05, 4.69) is 35.0 Å². The summed E-state index contributed by atoms with van der Waals surface area (Å²) in [4.78, 5) is 6.23. The molecule has 0 aliphatic heterocycles. The van der Waals surface area contributed by atoms with Crippen molar-refractivity contribution < 1.29 is 4.74 Å². The van der Waals surface area contributed by atoms with Gasteiger partial charge in [-0.1, -0.05) is 31.5 Å². The second-order valence-corrected chi connectivity index (χ2v) is 4.64. The number of allylic oxidation sites excluding steroid dienone is 1. The highest BCUT2D eigenvalue weighted by atomic mass is 16.5. The first kappa shape index (κ1) is 15.1. The van der Waals surface area contributed by atoms with Gasteiger partial charge in [0.25, 0.3) is 0 Å². The fraction of sp³-hybridized carbons (Fsp3) is 0.278. The molecule has 3 nitrogen and oxygen atoms in total. The average Bonchev–Trinajstić information content (AvgIpc) is 2.55. The largest absolute Gasteiger partial charge is 0.479 e. The lowest BCUT2D eigenvalue weighted by Crippen LogP contribution is -2.19. The first-order chi connectivity index (χ1) is 10.4. The molecule has 0 spiro atoms. The zero-order valence-electron chi connectivity index (χ0n) is 12.7. The van der Waals surface area contributed by atoms with Gasteiger partial charge in [-0.2, -0.15) is 0 Å². The van der Waals surface area contributed by atoms with Crippen molar-refractivity contribution in [1.29, 1.82) is 0 Å². The SMILES string of the molecule is CCC/C=C(\OCC)N(c1ccccc1)c1ccncc1. The van der Waals surface area contributed by atoms with Crippen LogP contribution in [0.1, 0.15) is 26.7 Å². The summed E-state index contributed by atoms with van der Waals surface area (Å²) in [5.74, 6) is 0.872. The molecule has 3 heteroatoms. The molecular weight excluding hydrogens is 260 g/mol. The van der Waals surface area contributed by atoms with Crippen molar-refractivity contribution in [2.45, 2.75) is 26.7 Å². The third kappa shape index (κ3) is 4.09. The van der Waals surface area contributed by atoms with Gasteiger partial charge in [0.05, 0.1) is 12.3 Å². The van der Waals surface area contributed by atoms with Gasteiger partial charge in [-0.05, 0) is 43.7 Å². The number of hydrogen-bond acceptors (Lipinski definition) is 3. The summed E-state index contributed by atoms with van der Waals surface area (Å²) in [6.45, 7) is 4.82. The number of pyridine rings is 1. The van der Waals surface area contributed by atoms with E-state index in [9.17, 15) is 0 Å². The van der Waals surface area contributed by atoms with Crippen LogP contribution >= 0.6 is 0 Å². The smallest absolute Gasteiger partial charge is 0.194 e. The van der Waals surface area contributed by atoms with Crippen molar-refractivity contribution >= 4 is 11.4 Å². The first-order valence-electron chi connectivity index (χ1n) is 7.45. The lowest BCUT2D eigenvalue weighted by atomic mass is 10.2. The second-order valence-electron chi connectivity index (χ2n) is 4.64. The van der Waals surface area contributed by atoms with E-state index < -0.39 is 0 Å². The third-order valence-corrected chi connectivity index (χ3v) is 3.06. The monoisotopic (exact) mass is 282 g/mol. The number of ether oxygens (including phenoxy) is 1. The molecule has 0 aliphatic rings. The molecule has 1 heterocycles. The standard InChI is InChI=1S/C18H22N2O/c1-3-5-11-18(21-4-2)20(16-9-7-6-8-10-16)17-12-14-19-15-13-17/h6-15H,3-5H2,1-2H3/b18-11-. The zero-order valence-corrected chi connectivity index (χ0v) is 12.7. The molecule has 0 aliphatic carbocycles. The first-order valence-corrected chi connectivity index (χ1v) is 7.45. The Hall–Kier alpha value is -2.29. The summed E-state index contributed by atoms with van der Waals surface area (Å²) < 4.78 is 5.88. The van der Waals surface area contributed by atoms with Gasteiger partial charge in [0, 0.05) is 18.1 Å². The van der Waals surface area contributed by atoms with E-state index in [4.69, 9.17) is 4.74 Å². The van der Waals surface area contributed by atoms with Gasteiger partial charge in [0.1, 0.15) is 0 Å². The van der Waals surface area contributed by atoms with Crippen LogP contribution in [0.4, 0.5) is 11.4 Å². The van der Waals surface area contributed by atoms with E-state index in [-0.39, 0.29) is 0 Å². The highest BCUT2D eigenvalue weighted by Crippen LogP contribution is 2.29. The quantitative estimate of drug-likeness (QED) is 0.675. The lowest BCUT2D eigenvalue weighted by Gasteiger charge is -2.27. The molecule has 0 unspecified atom stereocenters. The molecule has 1 aromatic heterocycles. The molecule has 2 aromatic rings. The Morgan fingerprint density at radius 3 is 2.33 bits per heavy atom. The molecule has 0 saturated carbocycles. The predicted molar refractivity (Wildman–Crippen MR) is 87.4 cm³/mol. The number of aromatic nitrogens is 1. The molecule has 0 atom stereocenters. The molecule has 110 valence electrons. The topological polar surface area (TPSA) is 25.4 Å². The highest BCUT2D eigenvalue weighted by molar-refractivity contribution is 5.66. The molecule has 0 bridgehead atoms. The van der Waals surface area contributed by atoms with Gasteiger partial charge in [-0.25, -0.2) is 0 Å². The summed E-state index contributed by atoms with van der Waals surface area (Å²) in [6, 6.07) is 14.2. The maximum Gasteiger partial charge on any atom is 0.194 e. The number of nitrogens with zero attached hydrogens (tertiary/aromatic N) is 2. The minimum atomic E-state index is 0.643. The maximum atomic E-state index is 5.88. The molecule has 0 amide bonds.